The second-order valence-corrected chi connectivity index (χ2v) is 8.76. The van der Waals surface area contributed by atoms with Crippen LogP contribution < -0.4 is 0 Å². The molecule has 1 aromatic heterocycles. The van der Waals surface area contributed by atoms with E-state index in [4.69, 9.17) is 0 Å². The number of likely N-dealkylation sites (tertiary alicyclic amines) is 2. The zero-order chi connectivity index (χ0) is 20.4. The molecule has 2 aromatic rings. The number of aromatic nitrogens is 2. The van der Waals surface area contributed by atoms with Crippen LogP contribution in [0.3, 0.4) is 0 Å². The maximum atomic E-state index is 13.5. The summed E-state index contributed by atoms with van der Waals surface area (Å²) in [7, 11) is 0. The lowest BCUT2D eigenvalue weighted by molar-refractivity contribution is -0.140. The van der Waals surface area contributed by atoms with Gasteiger partial charge < -0.3 is 4.90 Å². The Balaban J connectivity index is 1.36. The molecule has 29 heavy (non-hydrogen) atoms. The van der Waals surface area contributed by atoms with E-state index in [1.165, 1.54) is 5.56 Å². The third-order valence-electron chi connectivity index (χ3n) is 6.48. The standard InChI is InChI=1S/C23H29FN4O/c1-17-11-19(3-4-21(17)24)14-27-9-7-23(8-10-27)6-5-22(29)28(16-23)15-20-13-25-18(2)12-26-20/h3-4,11-13H,5-10,14-16H2,1-2H3. The molecule has 0 bridgehead atoms. The molecule has 2 aliphatic heterocycles. The van der Waals surface area contributed by atoms with Gasteiger partial charge in [0.2, 0.25) is 5.91 Å². The molecule has 0 N–H and O–H groups in total. The van der Waals surface area contributed by atoms with Crippen LogP contribution in [-0.4, -0.2) is 45.3 Å². The van der Waals surface area contributed by atoms with Gasteiger partial charge in [0.05, 0.1) is 24.1 Å². The number of halogens is 1. The molecule has 0 atom stereocenters. The van der Waals surface area contributed by atoms with Crippen LogP contribution in [-0.2, 0) is 17.9 Å². The molecule has 5 nitrogen and oxygen atoms in total. The van der Waals surface area contributed by atoms with Gasteiger partial charge in [-0.1, -0.05) is 12.1 Å². The Kier molecular flexibility index (Phi) is 5.63. The molecule has 1 amide bonds. The van der Waals surface area contributed by atoms with Crippen molar-refractivity contribution < 1.29 is 9.18 Å². The van der Waals surface area contributed by atoms with E-state index in [2.05, 4.69) is 14.9 Å². The third kappa shape index (κ3) is 4.64. The number of hydrogen-bond acceptors (Lipinski definition) is 4. The average Bonchev–Trinajstić information content (AvgIpc) is 2.71. The van der Waals surface area contributed by atoms with Crippen molar-refractivity contribution in [3.63, 3.8) is 0 Å². The third-order valence-corrected chi connectivity index (χ3v) is 6.48. The summed E-state index contributed by atoms with van der Waals surface area (Å²) in [4.78, 5) is 25.6. The number of amides is 1. The number of aryl methyl sites for hydroxylation is 2. The Morgan fingerprint density at radius 3 is 2.55 bits per heavy atom. The normalized spacial score (nSPS) is 19.7. The van der Waals surface area contributed by atoms with Crippen molar-refractivity contribution in [1.29, 1.82) is 0 Å². The zero-order valence-electron chi connectivity index (χ0n) is 17.3. The molecule has 6 heteroatoms. The van der Waals surface area contributed by atoms with Crippen LogP contribution in [0.1, 0.15) is 48.2 Å². The molecule has 4 rings (SSSR count). The predicted octanol–water partition coefficient (Wildman–Crippen LogP) is 3.64. The SMILES string of the molecule is Cc1cnc(CN2CC3(CCC2=O)CCN(Cc2ccc(F)c(C)c2)CC3)cn1. The van der Waals surface area contributed by atoms with Gasteiger partial charge in [0, 0.05) is 25.7 Å². The Bertz CT molecular complexity index is 875. The van der Waals surface area contributed by atoms with Crippen LogP contribution in [0.4, 0.5) is 4.39 Å². The Morgan fingerprint density at radius 2 is 1.86 bits per heavy atom. The Morgan fingerprint density at radius 1 is 1.07 bits per heavy atom. The van der Waals surface area contributed by atoms with Crippen molar-refractivity contribution in [3.05, 3.63) is 58.9 Å². The molecule has 154 valence electrons. The Hall–Kier alpha value is -2.34. The smallest absolute Gasteiger partial charge is 0.222 e. The van der Waals surface area contributed by atoms with Crippen LogP contribution >= 0.6 is 0 Å². The van der Waals surface area contributed by atoms with E-state index in [9.17, 15) is 9.18 Å². The van der Waals surface area contributed by atoms with Crippen molar-refractivity contribution in [2.45, 2.75) is 52.6 Å². The fraction of sp³-hybridized carbons (Fsp3) is 0.522. The van der Waals surface area contributed by atoms with Crippen LogP contribution in [0.5, 0.6) is 0 Å². The number of carbonyl (C=O) groups is 1. The maximum Gasteiger partial charge on any atom is 0.222 e. The van der Waals surface area contributed by atoms with Crippen molar-refractivity contribution in [1.82, 2.24) is 19.8 Å². The number of nitrogens with zero attached hydrogens (tertiary/aromatic N) is 4. The summed E-state index contributed by atoms with van der Waals surface area (Å²) < 4.78 is 13.5. The molecule has 2 fully saturated rings. The predicted molar refractivity (Wildman–Crippen MR) is 110 cm³/mol. The molecule has 1 spiro atoms. The minimum absolute atomic E-state index is 0.142. The summed E-state index contributed by atoms with van der Waals surface area (Å²) in [5.41, 5.74) is 3.82. The lowest BCUT2D eigenvalue weighted by atomic mass is 9.72. The monoisotopic (exact) mass is 396 g/mol. The summed E-state index contributed by atoms with van der Waals surface area (Å²) in [6.07, 6.45) is 7.32. The van der Waals surface area contributed by atoms with Crippen LogP contribution in [0.25, 0.3) is 0 Å². The number of carbonyl (C=O) groups excluding carboxylic acids is 1. The van der Waals surface area contributed by atoms with Crippen molar-refractivity contribution in [2.75, 3.05) is 19.6 Å². The van der Waals surface area contributed by atoms with Crippen LogP contribution in [0.15, 0.2) is 30.6 Å². The number of benzene rings is 1. The van der Waals surface area contributed by atoms with Gasteiger partial charge in [-0.25, -0.2) is 4.39 Å². The van der Waals surface area contributed by atoms with Gasteiger partial charge in [-0.2, -0.15) is 0 Å². The number of rotatable bonds is 4. The summed E-state index contributed by atoms with van der Waals surface area (Å²) in [5, 5.41) is 0. The highest BCUT2D eigenvalue weighted by atomic mass is 19.1. The van der Waals surface area contributed by atoms with Gasteiger partial charge in [-0.3, -0.25) is 19.7 Å². The van der Waals surface area contributed by atoms with Crippen molar-refractivity contribution in [2.24, 2.45) is 5.41 Å². The topological polar surface area (TPSA) is 49.3 Å². The first kappa shape index (κ1) is 20.0. The van der Waals surface area contributed by atoms with E-state index in [-0.39, 0.29) is 17.1 Å². The average molecular weight is 397 g/mol. The van der Waals surface area contributed by atoms with Crippen molar-refractivity contribution in [3.8, 4) is 0 Å². The van der Waals surface area contributed by atoms with Crippen molar-refractivity contribution >= 4 is 5.91 Å². The largest absolute Gasteiger partial charge is 0.336 e. The number of piperidine rings is 2. The van der Waals surface area contributed by atoms with Gasteiger partial charge in [-0.15, -0.1) is 0 Å². The highest BCUT2D eigenvalue weighted by Gasteiger charge is 2.40. The number of hydrogen-bond donors (Lipinski definition) is 0. The first-order chi connectivity index (χ1) is 13.9. The van der Waals surface area contributed by atoms with Crippen LogP contribution in [0, 0.1) is 25.1 Å². The lowest BCUT2D eigenvalue weighted by Crippen LogP contribution is -2.51. The molecule has 0 unspecified atom stereocenters. The van der Waals surface area contributed by atoms with E-state index in [0.717, 1.165) is 56.8 Å². The second kappa shape index (κ2) is 8.19. The summed E-state index contributed by atoms with van der Waals surface area (Å²) in [5.74, 6) is 0.0822. The molecule has 2 aliphatic rings. The molecule has 3 heterocycles. The van der Waals surface area contributed by atoms with Crippen LogP contribution in [0.2, 0.25) is 0 Å². The van der Waals surface area contributed by atoms with Gasteiger partial charge in [0.25, 0.3) is 0 Å². The first-order valence-corrected chi connectivity index (χ1v) is 10.5. The zero-order valence-corrected chi connectivity index (χ0v) is 17.3. The molecule has 0 aliphatic carbocycles. The molecular weight excluding hydrogens is 367 g/mol. The van der Waals surface area contributed by atoms with Gasteiger partial charge in [0.1, 0.15) is 5.82 Å². The maximum absolute atomic E-state index is 13.5. The Labute approximate surface area is 172 Å². The lowest BCUT2D eigenvalue weighted by Gasteiger charge is -2.47. The van der Waals surface area contributed by atoms with E-state index >= 15 is 0 Å². The minimum Gasteiger partial charge on any atom is -0.336 e. The molecule has 0 radical (unpaired) electrons. The van der Waals surface area contributed by atoms with E-state index in [1.54, 1.807) is 18.5 Å². The fourth-order valence-electron chi connectivity index (χ4n) is 4.60. The summed E-state index contributed by atoms with van der Waals surface area (Å²) >= 11 is 0. The molecule has 2 saturated heterocycles. The summed E-state index contributed by atoms with van der Waals surface area (Å²) in [6.45, 7) is 7.98. The highest BCUT2D eigenvalue weighted by molar-refractivity contribution is 5.77. The van der Waals surface area contributed by atoms with Gasteiger partial charge in [0.15, 0.2) is 0 Å². The quantitative estimate of drug-likeness (QED) is 0.792. The summed E-state index contributed by atoms with van der Waals surface area (Å²) in [6, 6.07) is 5.40. The van der Waals surface area contributed by atoms with Gasteiger partial charge in [-0.05, 0) is 68.8 Å². The molecular formula is C23H29FN4O. The first-order valence-electron chi connectivity index (χ1n) is 10.5. The fourth-order valence-corrected chi connectivity index (χ4v) is 4.60. The van der Waals surface area contributed by atoms with E-state index in [0.29, 0.717) is 18.5 Å². The minimum atomic E-state index is -0.142. The van der Waals surface area contributed by atoms with Gasteiger partial charge >= 0.3 is 0 Å². The van der Waals surface area contributed by atoms with E-state index < -0.39 is 0 Å². The second-order valence-electron chi connectivity index (χ2n) is 8.76. The molecule has 1 aromatic carbocycles. The highest BCUT2D eigenvalue weighted by Crippen LogP contribution is 2.40. The van der Waals surface area contributed by atoms with E-state index in [1.807, 2.05) is 30.9 Å². The molecule has 0 saturated carbocycles.